The third-order valence-electron chi connectivity index (χ3n) is 3.67. The molecule has 1 atom stereocenters. The van der Waals surface area contributed by atoms with Crippen molar-refractivity contribution in [2.75, 3.05) is 26.8 Å². The summed E-state index contributed by atoms with van der Waals surface area (Å²) in [6, 6.07) is 5.93. The highest BCUT2D eigenvalue weighted by atomic mass is 35.5. The summed E-state index contributed by atoms with van der Waals surface area (Å²) in [5.74, 6) is 1.07. The van der Waals surface area contributed by atoms with Crippen molar-refractivity contribution in [3.8, 4) is 0 Å². The fourth-order valence-corrected chi connectivity index (χ4v) is 2.98. The highest BCUT2D eigenvalue weighted by Gasteiger charge is 2.25. The molecule has 0 amide bonds. The third-order valence-corrected chi connectivity index (χ3v) is 4.41. The fraction of sp³-hybridized carbons (Fsp3) is 0.571. The van der Waals surface area contributed by atoms with E-state index in [1.807, 2.05) is 12.1 Å². The molecule has 0 spiro atoms. The van der Waals surface area contributed by atoms with Crippen molar-refractivity contribution in [2.45, 2.75) is 18.8 Å². The Bertz CT molecular complexity index is 394. The van der Waals surface area contributed by atoms with Crippen LogP contribution in [-0.4, -0.2) is 26.8 Å². The zero-order valence-electron chi connectivity index (χ0n) is 11.0. The van der Waals surface area contributed by atoms with Crippen molar-refractivity contribution in [3.05, 3.63) is 33.8 Å². The summed E-state index contributed by atoms with van der Waals surface area (Å²) in [6.45, 7) is 2.92. The Morgan fingerprint density at radius 2 is 1.95 bits per heavy atom. The normalized spacial score (nSPS) is 17.8. The molecule has 0 aromatic heterocycles. The number of methoxy groups -OCH3 is 1. The summed E-state index contributed by atoms with van der Waals surface area (Å²) in [7, 11) is 1.76. The SMILES string of the molecule is COCC(c1ccc(Cl)c(Cl)c1)C1CCNCC1.Cl. The maximum Gasteiger partial charge on any atom is 0.0595 e. The second-order valence-corrected chi connectivity index (χ2v) is 5.64. The lowest BCUT2D eigenvalue weighted by atomic mass is 9.81. The second kappa shape index (κ2) is 8.33. The number of benzene rings is 1. The van der Waals surface area contributed by atoms with Gasteiger partial charge in [-0.15, -0.1) is 12.4 Å². The molecular formula is C14H20Cl3NO. The van der Waals surface area contributed by atoms with Crippen LogP contribution in [0.1, 0.15) is 24.3 Å². The van der Waals surface area contributed by atoms with Crippen LogP contribution >= 0.6 is 35.6 Å². The number of piperidine rings is 1. The molecule has 1 aliphatic heterocycles. The second-order valence-electron chi connectivity index (χ2n) is 4.82. The topological polar surface area (TPSA) is 21.3 Å². The summed E-state index contributed by atoms with van der Waals surface area (Å²) in [4.78, 5) is 0. The largest absolute Gasteiger partial charge is 0.384 e. The number of ether oxygens (including phenoxy) is 1. The van der Waals surface area contributed by atoms with E-state index in [1.165, 1.54) is 18.4 Å². The van der Waals surface area contributed by atoms with Crippen LogP contribution in [0.5, 0.6) is 0 Å². The van der Waals surface area contributed by atoms with Crippen molar-refractivity contribution >= 4 is 35.6 Å². The molecule has 1 saturated heterocycles. The van der Waals surface area contributed by atoms with Gasteiger partial charge >= 0.3 is 0 Å². The predicted octanol–water partition coefficient (Wildman–Crippen LogP) is 4.14. The van der Waals surface area contributed by atoms with E-state index in [1.54, 1.807) is 7.11 Å². The van der Waals surface area contributed by atoms with E-state index in [9.17, 15) is 0 Å². The van der Waals surface area contributed by atoms with Crippen molar-refractivity contribution in [1.29, 1.82) is 0 Å². The average Bonchev–Trinajstić information content (AvgIpc) is 2.40. The molecule has 2 nitrogen and oxygen atoms in total. The standard InChI is InChI=1S/C14H19Cl2NO.ClH/c1-18-9-12(10-4-6-17-7-5-10)11-2-3-13(15)14(16)8-11;/h2-3,8,10,12,17H,4-7,9H2,1H3;1H. The lowest BCUT2D eigenvalue weighted by Gasteiger charge is -2.30. The molecule has 1 aromatic carbocycles. The van der Waals surface area contributed by atoms with E-state index in [0.717, 1.165) is 19.7 Å². The number of nitrogens with one attached hydrogen (secondary N) is 1. The summed E-state index contributed by atoms with van der Waals surface area (Å²) in [5, 5.41) is 4.64. The van der Waals surface area contributed by atoms with Gasteiger partial charge in [0.15, 0.2) is 0 Å². The number of hydrogen-bond acceptors (Lipinski definition) is 2. The molecule has 1 unspecified atom stereocenters. The monoisotopic (exact) mass is 323 g/mol. The fourth-order valence-electron chi connectivity index (χ4n) is 2.67. The van der Waals surface area contributed by atoms with E-state index in [4.69, 9.17) is 27.9 Å². The summed E-state index contributed by atoms with van der Waals surface area (Å²) < 4.78 is 5.39. The van der Waals surface area contributed by atoms with Gasteiger partial charge in [-0.1, -0.05) is 29.3 Å². The van der Waals surface area contributed by atoms with Crippen LogP contribution in [0.15, 0.2) is 18.2 Å². The van der Waals surface area contributed by atoms with Gasteiger partial charge < -0.3 is 10.1 Å². The number of halogens is 3. The zero-order chi connectivity index (χ0) is 13.0. The van der Waals surface area contributed by atoms with Gasteiger partial charge in [0, 0.05) is 13.0 Å². The van der Waals surface area contributed by atoms with Crippen LogP contribution < -0.4 is 5.32 Å². The van der Waals surface area contributed by atoms with Crippen LogP contribution in [0.2, 0.25) is 10.0 Å². The van der Waals surface area contributed by atoms with Gasteiger partial charge in [-0.3, -0.25) is 0 Å². The van der Waals surface area contributed by atoms with Crippen LogP contribution in [-0.2, 0) is 4.74 Å². The minimum Gasteiger partial charge on any atom is -0.384 e. The minimum absolute atomic E-state index is 0. The highest BCUT2D eigenvalue weighted by Crippen LogP contribution is 2.34. The van der Waals surface area contributed by atoms with Crippen LogP contribution in [0.4, 0.5) is 0 Å². The van der Waals surface area contributed by atoms with E-state index >= 15 is 0 Å². The predicted molar refractivity (Wildman–Crippen MR) is 83.9 cm³/mol. The first-order chi connectivity index (χ1) is 8.72. The van der Waals surface area contributed by atoms with Crippen molar-refractivity contribution in [3.63, 3.8) is 0 Å². The van der Waals surface area contributed by atoms with Crippen molar-refractivity contribution in [1.82, 2.24) is 5.32 Å². The summed E-state index contributed by atoms with van der Waals surface area (Å²) in [5.41, 5.74) is 1.23. The van der Waals surface area contributed by atoms with Gasteiger partial charge in [0.05, 0.1) is 16.7 Å². The minimum atomic E-state index is 0. The third kappa shape index (κ3) is 4.51. The van der Waals surface area contributed by atoms with E-state index in [-0.39, 0.29) is 12.4 Å². The Labute approximate surface area is 131 Å². The molecule has 0 aliphatic carbocycles. The first kappa shape index (κ1) is 17.1. The maximum atomic E-state index is 6.11. The molecule has 0 bridgehead atoms. The van der Waals surface area contributed by atoms with Gasteiger partial charge in [0.25, 0.3) is 0 Å². The van der Waals surface area contributed by atoms with Gasteiger partial charge in [-0.2, -0.15) is 0 Å². The molecule has 1 fully saturated rings. The van der Waals surface area contributed by atoms with Gasteiger partial charge in [0.2, 0.25) is 0 Å². The smallest absolute Gasteiger partial charge is 0.0595 e. The lowest BCUT2D eigenvalue weighted by molar-refractivity contribution is 0.144. The summed E-state index contributed by atoms with van der Waals surface area (Å²) in [6.07, 6.45) is 2.38. The van der Waals surface area contributed by atoms with E-state index < -0.39 is 0 Å². The Morgan fingerprint density at radius 1 is 1.26 bits per heavy atom. The van der Waals surface area contributed by atoms with Crippen LogP contribution in [0.25, 0.3) is 0 Å². The Hall–Kier alpha value is 0.01000. The lowest BCUT2D eigenvalue weighted by Crippen LogP contribution is -2.32. The Kier molecular flexibility index (Phi) is 7.48. The molecule has 0 radical (unpaired) electrons. The molecule has 2 rings (SSSR count). The molecule has 1 aliphatic rings. The average molecular weight is 325 g/mol. The van der Waals surface area contributed by atoms with E-state index in [2.05, 4.69) is 11.4 Å². The van der Waals surface area contributed by atoms with Gasteiger partial charge in [-0.05, 0) is 49.5 Å². The Balaban J connectivity index is 0.00000180. The zero-order valence-corrected chi connectivity index (χ0v) is 13.3. The van der Waals surface area contributed by atoms with Crippen LogP contribution in [0.3, 0.4) is 0 Å². The Morgan fingerprint density at radius 3 is 2.53 bits per heavy atom. The molecule has 1 heterocycles. The molecule has 1 N–H and O–H groups in total. The molecule has 19 heavy (non-hydrogen) atoms. The van der Waals surface area contributed by atoms with E-state index in [0.29, 0.717) is 21.9 Å². The van der Waals surface area contributed by atoms with Gasteiger partial charge in [-0.25, -0.2) is 0 Å². The van der Waals surface area contributed by atoms with Crippen LogP contribution in [0, 0.1) is 5.92 Å². The molecule has 108 valence electrons. The van der Waals surface area contributed by atoms with Gasteiger partial charge in [0.1, 0.15) is 0 Å². The number of hydrogen-bond donors (Lipinski definition) is 1. The first-order valence-electron chi connectivity index (χ1n) is 6.37. The molecule has 1 aromatic rings. The molecule has 5 heteroatoms. The number of rotatable bonds is 4. The highest BCUT2D eigenvalue weighted by molar-refractivity contribution is 6.42. The first-order valence-corrected chi connectivity index (χ1v) is 7.12. The quantitative estimate of drug-likeness (QED) is 0.898. The molecular weight excluding hydrogens is 305 g/mol. The maximum absolute atomic E-state index is 6.11. The molecule has 0 saturated carbocycles. The van der Waals surface area contributed by atoms with Crippen molar-refractivity contribution in [2.24, 2.45) is 5.92 Å². The summed E-state index contributed by atoms with van der Waals surface area (Å²) >= 11 is 12.1. The van der Waals surface area contributed by atoms with Crippen molar-refractivity contribution < 1.29 is 4.74 Å².